The number of nitro groups is 1. The van der Waals surface area contributed by atoms with E-state index >= 15 is 0 Å². The quantitative estimate of drug-likeness (QED) is 0.380. The largest absolute Gasteiger partial charge is 0.348 e. The highest BCUT2D eigenvalue weighted by Crippen LogP contribution is 2.39. The van der Waals surface area contributed by atoms with E-state index < -0.39 is 4.92 Å². The summed E-state index contributed by atoms with van der Waals surface area (Å²) < 4.78 is 0. The second-order valence-corrected chi connectivity index (χ2v) is 11.0. The summed E-state index contributed by atoms with van der Waals surface area (Å²) in [5.41, 5.74) is 7.72. The number of carbonyl (C=O) groups excluding carboxylic acids is 3. The molecule has 0 aromatic heterocycles. The Morgan fingerprint density at radius 3 is 2.31 bits per heavy atom. The molecule has 2 aromatic carbocycles. The van der Waals surface area contributed by atoms with Crippen LogP contribution < -0.4 is 21.3 Å². The second-order valence-electron chi connectivity index (χ2n) is 11.0. The van der Waals surface area contributed by atoms with Gasteiger partial charge in [-0.25, -0.2) is 0 Å². The summed E-state index contributed by atoms with van der Waals surface area (Å²) in [6.45, 7) is 0. The molecule has 1 aliphatic heterocycles. The van der Waals surface area contributed by atoms with Crippen molar-refractivity contribution in [2.45, 2.75) is 82.3 Å². The predicted molar refractivity (Wildman–Crippen MR) is 148 cm³/mol. The third kappa shape index (κ3) is 5.80. The fourth-order valence-electron chi connectivity index (χ4n) is 6.26. The number of nitrogens with two attached hydrogens (primary N) is 1. The van der Waals surface area contributed by atoms with E-state index in [-0.39, 0.29) is 53.9 Å². The van der Waals surface area contributed by atoms with Gasteiger partial charge in [0, 0.05) is 47.8 Å². The molecule has 5 rings (SSSR count). The maximum Gasteiger partial charge on any atom is 0.269 e. The maximum atomic E-state index is 14.0. The van der Waals surface area contributed by atoms with Gasteiger partial charge < -0.3 is 21.3 Å². The number of nitrogens with one attached hydrogen (secondary N) is 2. The molecule has 2 aromatic rings. The monoisotopic (exact) mass is 533 g/mol. The molecule has 0 radical (unpaired) electrons. The van der Waals surface area contributed by atoms with Crippen molar-refractivity contribution in [2.24, 2.45) is 11.7 Å². The zero-order chi connectivity index (χ0) is 27.5. The van der Waals surface area contributed by atoms with Crippen LogP contribution in [0.15, 0.2) is 42.5 Å². The van der Waals surface area contributed by atoms with Crippen LogP contribution in [0.1, 0.15) is 84.9 Å². The van der Waals surface area contributed by atoms with Crippen LogP contribution in [0.25, 0.3) is 0 Å². The highest BCUT2D eigenvalue weighted by atomic mass is 16.6. The van der Waals surface area contributed by atoms with E-state index in [2.05, 4.69) is 10.6 Å². The van der Waals surface area contributed by atoms with Gasteiger partial charge in [-0.3, -0.25) is 24.5 Å². The van der Waals surface area contributed by atoms with E-state index in [1.807, 2.05) is 0 Å². The number of amides is 3. The Labute approximate surface area is 227 Å². The van der Waals surface area contributed by atoms with Crippen molar-refractivity contribution in [1.82, 2.24) is 5.32 Å². The first-order valence-corrected chi connectivity index (χ1v) is 13.9. The highest BCUT2D eigenvalue weighted by molar-refractivity contribution is 6.12. The van der Waals surface area contributed by atoms with Gasteiger partial charge in [-0.15, -0.1) is 0 Å². The average Bonchev–Trinajstić information content (AvgIpc) is 3.09. The van der Waals surface area contributed by atoms with Gasteiger partial charge in [-0.1, -0.05) is 32.1 Å². The number of benzene rings is 2. The molecule has 1 heterocycles. The number of anilines is 2. The van der Waals surface area contributed by atoms with Crippen LogP contribution >= 0.6 is 0 Å². The minimum absolute atomic E-state index is 0.0886. The van der Waals surface area contributed by atoms with E-state index in [9.17, 15) is 24.5 Å². The molecule has 3 aliphatic rings. The fraction of sp³-hybridized carbons (Fsp3) is 0.483. The van der Waals surface area contributed by atoms with Crippen LogP contribution in [0.2, 0.25) is 0 Å². The summed E-state index contributed by atoms with van der Waals surface area (Å²) in [4.78, 5) is 52.6. The zero-order valence-electron chi connectivity index (χ0n) is 21.9. The predicted octanol–water partition coefficient (Wildman–Crippen LogP) is 4.53. The van der Waals surface area contributed by atoms with Gasteiger partial charge in [0.2, 0.25) is 5.91 Å². The lowest BCUT2D eigenvalue weighted by Crippen LogP contribution is -2.49. The molecule has 2 fully saturated rings. The molecule has 4 N–H and O–H groups in total. The topological polar surface area (TPSA) is 148 Å². The molecule has 0 spiro atoms. The Bertz CT molecular complexity index is 1260. The average molecular weight is 534 g/mol. The lowest BCUT2D eigenvalue weighted by molar-refractivity contribution is -0.384. The van der Waals surface area contributed by atoms with Gasteiger partial charge in [0.15, 0.2) is 0 Å². The molecule has 3 unspecified atom stereocenters. The molecule has 10 heteroatoms. The standard InChI is InChI=1S/C29H35N5O5/c30-22-8-4-5-9-23(22)32-28(36)20-12-15-25-24(16-20)31-27(35)17-26(18-6-2-1-3-7-18)33(25)29(37)19-10-13-21(14-11-19)34(38)39/h10-16,18,22-23,26H,1-9,17,30H2,(H,31,35)(H,32,36). The number of nitro benzene ring substituents is 1. The summed E-state index contributed by atoms with van der Waals surface area (Å²) in [5.74, 6) is -0.662. The maximum absolute atomic E-state index is 14.0. The summed E-state index contributed by atoms with van der Waals surface area (Å²) >= 11 is 0. The molecule has 206 valence electrons. The Morgan fingerprint density at radius 1 is 0.949 bits per heavy atom. The lowest BCUT2D eigenvalue weighted by atomic mass is 9.81. The molecule has 3 atom stereocenters. The number of rotatable bonds is 5. The number of hydrogen-bond acceptors (Lipinski definition) is 6. The third-order valence-corrected chi connectivity index (χ3v) is 8.39. The van der Waals surface area contributed by atoms with Crippen LogP contribution in [0.5, 0.6) is 0 Å². The number of nitrogens with zero attached hydrogens (tertiary/aromatic N) is 2. The molecule has 3 amide bonds. The molecule has 39 heavy (non-hydrogen) atoms. The Balaban J connectivity index is 1.50. The van der Waals surface area contributed by atoms with Crippen molar-refractivity contribution in [1.29, 1.82) is 0 Å². The van der Waals surface area contributed by atoms with E-state index in [0.717, 1.165) is 57.8 Å². The first kappa shape index (κ1) is 26.8. The molecule has 0 bridgehead atoms. The lowest BCUT2D eigenvalue weighted by Gasteiger charge is -2.37. The van der Waals surface area contributed by atoms with Gasteiger partial charge in [0.25, 0.3) is 17.5 Å². The molecular weight excluding hydrogens is 498 g/mol. The van der Waals surface area contributed by atoms with E-state index in [0.29, 0.717) is 22.5 Å². The van der Waals surface area contributed by atoms with Crippen molar-refractivity contribution in [2.75, 3.05) is 10.2 Å². The first-order valence-electron chi connectivity index (χ1n) is 13.9. The molecule has 2 saturated carbocycles. The number of hydrogen-bond donors (Lipinski definition) is 3. The SMILES string of the molecule is NC1CCCCC1NC(=O)c1ccc2c(c1)NC(=O)CC(C1CCCCC1)N2C(=O)c1ccc([N+](=O)[O-])cc1. The Kier molecular flexibility index (Phi) is 7.92. The smallest absolute Gasteiger partial charge is 0.269 e. The van der Waals surface area contributed by atoms with Gasteiger partial charge in [0.05, 0.1) is 16.3 Å². The highest BCUT2D eigenvalue weighted by Gasteiger charge is 2.38. The van der Waals surface area contributed by atoms with E-state index in [1.165, 1.54) is 24.3 Å². The summed E-state index contributed by atoms with van der Waals surface area (Å²) in [6.07, 6.45) is 8.94. The Morgan fingerprint density at radius 2 is 1.62 bits per heavy atom. The van der Waals surface area contributed by atoms with Crippen molar-refractivity contribution in [3.05, 3.63) is 63.7 Å². The van der Waals surface area contributed by atoms with Crippen LogP contribution in [0.3, 0.4) is 0 Å². The number of carbonyl (C=O) groups is 3. The van der Waals surface area contributed by atoms with Crippen LogP contribution in [0.4, 0.5) is 17.1 Å². The van der Waals surface area contributed by atoms with Gasteiger partial charge in [-0.05, 0) is 61.9 Å². The fourth-order valence-corrected chi connectivity index (χ4v) is 6.26. The molecule has 2 aliphatic carbocycles. The minimum atomic E-state index is -0.504. The van der Waals surface area contributed by atoms with Crippen molar-refractivity contribution in [3.63, 3.8) is 0 Å². The van der Waals surface area contributed by atoms with Gasteiger partial charge >= 0.3 is 0 Å². The Hall–Kier alpha value is -3.79. The molecule has 10 nitrogen and oxygen atoms in total. The van der Waals surface area contributed by atoms with E-state index in [4.69, 9.17) is 5.73 Å². The van der Waals surface area contributed by atoms with E-state index in [1.54, 1.807) is 23.1 Å². The van der Waals surface area contributed by atoms with Crippen molar-refractivity contribution < 1.29 is 19.3 Å². The third-order valence-electron chi connectivity index (χ3n) is 8.39. The van der Waals surface area contributed by atoms with Crippen molar-refractivity contribution in [3.8, 4) is 0 Å². The molecule has 0 saturated heterocycles. The first-order chi connectivity index (χ1) is 18.8. The van der Waals surface area contributed by atoms with Crippen LogP contribution in [0, 0.1) is 16.0 Å². The summed E-state index contributed by atoms with van der Waals surface area (Å²) in [6, 6.07) is 9.99. The van der Waals surface area contributed by atoms with Crippen LogP contribution in [-0.2, 0) is 4.79 Å². The number of fused-ring (bicyclic) bond motifs is 1. The number of non-ortho nitro benzene ring substituents is 1. The second kappa shape index (κ2) is 11.5. The van der Waals surface area contributed by atoms with Crippen LogP contribution in [-0.4, -0.2) is 40.8 Å². The summed E-state index contributed by atoms with van der Waals surface area (Å²) in [7, 11) is 0. The molecular formula is C29H35N5O5. The van der Waals surface area contributed by atoms with Gasteiger partial charge in [-0.2, -0.15) is 0 Å². The zero-order valence-corrected chi connectivity index (χ0v) is 21.9. The normalized spacial score (nSPS) is 23.8. The van der Waals surface area contributed by atoms with Gasteiger partial charge in [0.1, 0.15) is 0 Å². The summed E-state index contributed by atoms with van der Waals surface area (Å²) in [5, 5.41) is 17.1. The van der Waals surface area contributed by atoms with Crippen molar-refractivity contribution >= 4 is 34.8 Å². The minimum Gasteiger partial charge on any atom is -0.348 e.